The van der Waals surface area contributed by atoms with Crippen molar-refractivity contribution < 1.29 is 12.8 Å². The topological polar surface area (TPSA) is 49.4 Å². The Labute approximate surface area is 154 Å². The standard InChI is InChI=1S/C18H21FN2O2S.ClH/c19-17-6-8-18(9-7-17)24(22,23)20-11-3-12-21-13-10-15-4-1-2-5-16(15)14-21;/h1-2,4-9,20H,3,10-14H2;1H. The van der Waals surface area contributed by atoms with Crippen LogP contribution >= 0.6 is 12.4 Å². The van der Waals surface area contributed by atoms with Gasteiger partial charge in [0, 0.05) is 19.6 Å². The molecule has 0 saturated carbocycles. The van der Waals surface area contributed by atoms with Gasteiger partial charge in [-0.25, -0.2) is 17.5 Å². The number of sulfonamides is 1. The Morgan fingerprint density at radius 2 is 1.72 bits per heavy atom. The maximum atomic E-state index is 12.9. The third kappa shape index (κ3) is 5.25. The van der Waals surface area contributed by atoms with E-state index in [1.54, 1.807) is 0 Å². The highest BCUT2D eigenvalue weighted by Crippen LogP contribution is 2.18. The lowest BCUT2D eigenvalue weighted by Gasteiger charge is -2.28. The number of rotatable bonds is 6. The van der Waals surface area contributed by atoms with Gasteiger partial charge in [-0.15, -0.1) is 12.4 Å². The third-order valence-electron chi connectivity index (χ3n) is 4.28. The Bertz CT molecular complexity index is 797. The van der Waals surface area contributed by atoms with Crippen LogP contribution in [0.1, 0.15) is 17.5 Å². The molecule has 0 fully saturated rings. The van der Waals surface area contributed by atoms with Crippen LogP contribution in [-0.2, 0) is 23.0 Å². The van der Waals surface area contributed by atoms with Gasteiger partial charge in [0.15, 0.2) is 0 Å². The van der Waals surface area contributed by atoms with E-state index < -0.39 is 15.8 Å². The number of halogens is 2. The summed E-state index contributed by atoms with van der Waals surface area (Å²) in [5, 5.41) is 0. The van der Waals surface area contributed by atoms with Crippen molar-refractivity contribution in [3.8, 4) is 0 Å². The zero-order valence-corrected chi connectivity index (χ0v) is 15.5. The van der Waals surface area contributed by atoms with Crippen molar-refractivity contribution in [2.75, 3.05) is 19.6 Å². The molecular formula is C18H22ClFN2O2S. The average molecular weight is 385 g/mol. The van der Waals surface area contributed by atoms with Crippen LogP contribution in [0.2, 0.25) is 0 Å². The third-order valence-corrected chi connectivity index (χ3v) is 5.75. The van der Waals surface area contributed by atoms with E-state index in [0.29, 0.717) is 6.54 Å². The largest absolute Gasteiger partial charge is 0.299 e. The molecule has 2 aromatic carbocycles. The lowest BCUT2D eigenvalue weighted by molar-refractivity contribution is 0.251. The fraction of sp³-hybridized carbons (Fsp3) is 0.333. The van der Waals surface area contributed by atoms with Crippen LogP contribution in [0.15, 0.2) is 53.4 Å². The summed E-state index contributed by atoms with van der Waals surface area (Å²) in [5.41, 5.74) is 2.77. The second-order valence-corrected chi connectivity index (χ2v) is 7.77. The van der Waals surface area contributed by atoms with Crippen molar-refractivity contribution in [3.05, 3.63) is 65.5 Å². The van der Waals surface area contributed by atoms with E-state index in [0.717, 1.165) is 44.6 Å². The predicted molar refractivity (Wildman–Crippen MR) is 98.9 cm³/mol. The summed E-state index contributed by atoms with van der Waals surface area (Å²) in [6, 6.07) is 13.3. The monoisotopic (exact) mass is 384 g/mol. The summed E-state index contributed by atoms with van der Waals surface area (Å²) in [6.45, 7) is 3.14. The Morgan fingerprint density at radius 1 is 1.04 bits per heavy atom. The van der Waals surface area contributed by atoms with E-state index in [1.165, 1.54) is 23.3 Å². The number of nitrogens with one attached hydrogen (secondary N) is 1. The van der Waals surface area contributed by atoms with Gasteiger partial charge in [-0.3, -0.25) is 4.90 Å². The second-order valence-electron chi connectivity index (χ2n) is 6.00. The van der Waals surface area contributed by atoms with Crippen molar-refractivity contribution in [2.45, 2.75) is 24.3 Å². The minimum absolute atomic E-state index is 0. The molecule has 0 unspecified atom stereocenters. The van der Waals surface area contributed by atoms with Gasteiger partial charge in [0.25, 0.3) is 0 Å². The molecule has 7 heteroatoms. The summed E-state index contributed by atoms with van der Waals surface area (Å²) >= 11 is 0. The molecule has 0 saturated heterocycles. The average Bonchev–Trinajstić information content (AvgIpc) is 2.59. The van der Waals surface area contributed by atoms with Crippen molar-refractivity contribution in [1.29, 1.82) is 0 Å². The van der Waals surface area contributed by atoms with E-state index in [-0.39, 0.29) is 17.3 Å². The molecule has 0 spiro atoms. The van der Waals surface area contributed by atoms with Crippen molar-refractivity contribution >= 4 is 22.4 Å². The number of fused-ring (bicyclic) bond motifs is 1. The van der Waals surface area contributed by atoms with Gasteiger partial charge in [0.1, 0.15) is 5.82 Å². The summed E-state index contributed by atoms with van der Waals surface area (Å²) in [5.74, 6) is -0.445. The van der Waals surface area contributed by atoms with Gasteiger partial charge < -0.3 is 0 Å². The van der Waals surface area contributed by atoms with Gasteiger partial charge in [-0.2, -0.15) is 0 Å². The second kappa shape index (κ2) is 8.76. The number of hydrogen-bond donors (Lipinski definition) is 1. The van der Waals surface area contributed by atoms with E-state index in [9.17, 15) is 12.8 Å². The normalized spacial score (nSPS) is 14.6. The van der Waals surface area contributed by atoms with Crippen LogP contribution in [0, 0.1) is 5.82 Å². The molecule has 0 amide bonds. The van der Waals surface area contributed by atoms with E-state index in [1.807, 2.05) is 0 Å². The highest BCUT2D eigenvalue weighted by molar-refractivity contribution is 7.89. The predicted octanol–water partition coefficient (Wildman–Crippen LogP) is 2.97. The lowest BCUT2D eigenvalue weighted by atomic mass is 10.00. The molecule has 136 valence electrons. The molecular weight excluding hydrogens is 363 g/mol. The molecule has 0 aromatic heterocycles. The van der Waals surface area contributed by atoms with E-state index in [2.05, 4.69) is 33.9 Å². The summed E-state index contributed by atoms with van der Waals surface area (Å²) in [4.78, 5) is 2.44. The summed E-state index contributed by atoms with van der Waals surface area (Å²) in [7, 11) is -3.56. The number of hydrogen-bond acceptors (Lipinski definition) is 3. The highest BCUT2D eigenvalue weighted by atomic mass is 35.5. The van der Waals surface area contributed by atoms with E-state index in [4.69, 9.17) is 0 Å². The van der Waals surface area contributed by atoms with Crippen molar-refractivity contribution in [2.24, 2.45) is 0 Å². The Balaban J connectivity index is 0.00000225. The molecule has 3 rings (SSSR count). The molecule has 2 aromatic rings. The summed E-state index contributed by atoms with van der Waals surface area (Å²) in [6.07, 6.45) is 1.78. The van der Waals surface area contributed by atoms with E-state index >= 15 is 0 Å². The first kappa shape index (κ1) is 19.8. The van der Waals surface area contributed by atoms with Crippen LogP contribution in [-0.4, -0.2) is 33.0 Å². The molecule has 0 atom stereocenters. The first-order valence-electron chi connectivity index (χ1n) is 8.09. The molecule has 1 heterocycles. The zero-order valence-electron chi connectivity index (χ0n) is 13.8. The van der Waals surface area contributed by atoms with Crippen LogP contribution in [0.5, 0.6) is 0 Å². The van der Waals surface area contributed by atoms with Crippen LogP contribution in [0.3, 0.4) is 0 Å². The van der Waals surface area contributed by atoms with Crippen molar-refractivity contribution in [3.63, 3.8) is 0 Å². The quantitative estimate of drug-likeness (QED) is 0.779. The molecule has 0 bridgehead atoms. The van der Waals surface area contributed by atoms with Crippen LogP contribution in [0.25, 0.3) is 0 Å². The van der Waals surface area contributed by atoms with Gasteiger partial charge in [-0.1, -0.05) is 24.3 Å². The number of benzene rings is 2. The molecule has 1 N–H and O–H groups in total. The minimum atomic E-state index is -3.56. The zero-order chi connectivity index (χ0) is 17.0. The smallest absolute Gasteiger partial charge is 0.240 e. The fourth-order valence-electron chi connectivity index (χ4n) is 2.95. The van der Waals surface area contributed by atoms with Gasteiger partial charge in [-0.05, 0) is 54.8 Å². The van der Waals surface area contributed by atoms with Gasteiger partial charge in [0.05, 0.1) is 4.90 Å². The molecule has 1 aliphatic rings. The Kier molecular flexibility index (Phi) is 6.95. The van der Waals surface area contributed by atoms with Crippen LogP contribution in [0.4, 0.5) is 4.39 Å². The lowest BCUT2D eigenvalue weighted by Crippen LogP contribution is -2.33. The van der Waals surface area contributed by atoms with Crippen LogP contribution < -0.4 is 4.72 Å². The molecule has 0 aliphatic carbocycles. The number of nitrogens with zero attached hydrogens (tertiary/aromatic N) is 1. The summed E-state index contributed by atoms with van der Waals surface area (Å²) < 4.78 is 39.7. The molecule has 1 aliphatic heterocycles. The molecule has 25 heavy (non-hydrogen) atoms. The highest BCUT2D eigenvalue weighted by Gasteiger charge is 2.16. The SMILES string of the molecule is Cl.O=S(=O)(NCCCN1CCc2ccccc2C1)c1ccc(F)cc1. The molecule has 0 radical (unpaired) electrons. The first-order valence-corrected chi connectivity index (χ1v) is 9.57. The fourth-order valence-corrected chi connectivity index (χ4v) is 4.03. The Morgan fingerprint density at radius 3 is 2.44 bits per heavy atom. The van der Waals surface area contributed by atoms with Gasteiger partial charge >= 0.3 is 0 Å². The van der Waals surface area contributed by atoms with Crippen molar-refractivity contribution in [1.82, 2.24) is 9.62 Å². The Hall–Kier alpha value is -1.47. The minimum Gasteiger partial charge on any atom is -0.299 e. The maximum absolute atomic E-state index is 12.9. The first-order chi connectivity index (χ1) is 11.5. The molecule has 4 nitrogen and oxygen atoms in total. The van der Waals surface area contributed by atoms with Gasteiger partial charge in [0.2, 0.25) is 10.0 Å². The maximum Gasteiger partial charge on any atom is 0.240 e.